The van der Waals surface area contributed by atoms with Crippen molar-refractivity contribution >= 4 is 17.9 Å². The summed E-state index contributed by atoms with van der Waals surface area (Å²) in [6, 6.07) is 0. The number of carboxylic acid groups (broad SMARTS) is 3. The summed E-state index contributed by atoms with van der Waals surface area (Å²) in [5.41, 5.74) is 0. The first-order valence-corrected chi connectivity index (χ1v) is 11.9. The third-order valence-corrected chi connectivity index (χ3v) is 5.49. The molecule has 0 aromatic carbocycles. The minimum absolute atomic E-state index is 0.0345. The predicted octanol–water partition coefficient (Wildman–Crippen LogP) is 3.94. The fourth-order valence-corrected chi connectivity index (χ4v) is 3.54. The lowest BCUT2D eigenvalue weighted by molar-refractivity contribution is -0.139. The Balaban J connectivity index is 4.25. The van der Waals surface area contributed by atoms with E-state index in [1.54, 1.807) is 0 Å². The van der Waals surface area contributed by atoms with Crippen molar-refractivity contribution < 1.29 is 29.7 Å². The summed E-state index contributed by atoms with van der Waals surface area (Å²) in [6.07, 6.45) is 12.5. The van der Waals surface area contributed by atoms with Crippen LogP contribution in [0.3, 0.4) is 0 Å². The van der Waals surface area contributed by atoms with Gasteiger partial charge in [0.1, 0.15) is 0 Å². The van der Waals surface area contributed by atoms with Crippen LogP contribution < -0.4 is 0 Å². The van der Waals surface area contributed by atoms with Crippen molar-refractivity contribution in [3.05, 3.63) is 0 Å². The van der Waals surface area contributed by atoms with Gasteiger partial charge < -0.3 is 25.1 Å². The molecule has 0 heterocycles. The zero-order chi connectivity index (χ0) is 23.3. The van der Waals surface area contributed by atoms with E-state index in [1.165, 1.54) is 51.4 Å². The fraction of sp³-hybridized carbons (Fsp3) is 0.870. The molecule has 0 saturated heterocycles. The monoisotopic (exact) mass is 444 g/mol. The molecule has 0 spiro atoms. The molecular formula is C23H44N2O6. The molecule has 0 bridgehead atoms. The smallest absolute Gasteiger partial charge is 0.304 e. The van der Waals surface area contributed by atoms with Crippen LogP contribution in [0.1, 0.15) is 90.4 Å². The van der Waals surface area contributed by atoms with E-state index in [4.69, 9.17) is 15.3 Å². The standard InChI is InChI=1S/C23H44N2O6/c1-2-3-4-5-6-7-8-9-10-11-15-24(16-12-21(26)27)19-20-25(17-13-22(28)29)18-14-23(30)31/h2-20H2,1H3,(H,26,27)(H,28,29)(H,30,31). The zero-order valence-corrected chi connectivity index (χ0v) is 19.4. The van der Waals surface area contributed by atoms with Crippen molar-refractivity contribution in [3.63, 3.8) is 0 Å². The van der Waals surface area contributed by atoms with Gasteiger partial charge in [0.15, 0.2) is 0 Å². The molecule has 0 saturated carbocycles. The summed E-state index contributed by atoms with van der Waals surface area (Å²) < 4.78 is 0. The molecule has 8 heteroatoms. The average Bonchev–Trinajstić information content (AvgIpc) is 2.71. The highest BCUT2D eigenvalue weighted by Crippen LogP contribution is 2.11. The Morgan fingerprint density at radius 3 is 1.16 bits per heavy atom. The van der Waals surface area contributed by atoms with E-state index in [-0.39, 0.29) is 19.3 Å². The maximum atomic E-state index is 11.0. The van der Waals surface area contributed by atoms with E-state index in [0.29, 0.717) is 32.7 Å². The normalized spacial score (nSPS) is 11.3. The Labute approximate surface area is 187 Å². The molecule has 0 unspecified atom stereocenters. The van der Waals surface area contributed by atoms with Crippen LogP contribution in [-0.2, 0) is 14.4 Å². The lowest BCUT2D eigenvalue weighted by Crippen LogP contribution is -2.38. The van der Waals surface area contributed by atoms with E-state index in [1.807, 2.05) is 4.90 Å². The van der Waals surface area contributed by atoms with Gasteiger partial charge in [-0.1, -0.05) is 64.7 Å². The predicted molar refractivity (Wildman–Crippen MR) is 121 cm³/mol. The second-order valence-electron chi connectivity index (χ2n) is 8.30. The number of carboxylic acids is 3. The molecule has 0 aliphatic rings. The Morgan fingerprint density at radius 2 is 0.806 bits per heavy atom. The highest BCUT2D eigenvalue weighted by Gasteiger charge is 2.13. The largest absolute Gasteiger partial charge is 0.481 e. The highest BCUT2D eigenvalue weighted by molar-refractivity contribution is 5.67. The van der Waals surface area contributed by atoms with Crippen LogP contribution >= 0.6 is 0 Å². The SMILES string of the molecule is CCCCCCCCCCCCN(CCC(=O)O)CCN(CCC(=O)O)CCC(=O)O. The molecule has 3 N–H and O–H groups in total. The number of carbonyl (C=O) groups is 3. The van der Waals surface area contributed by atoms with Gasteiger partial charge in [0, 0.05) is 32.7 Å². The molecule has 8 nitrogen and oxygen atoms in total. The summed E-state index contributed by atoms with van der Waals surface area (Å²) in [5.74, 6) is -2.65. The minimum atomic E-state index is -0.909. The van der Waals surface area contributed by atoms with Gasteiger partial charge in [0.2, 0.25) is 0 Å². The Kier molecular flexibility index (Phi) is 19.2. The molecule has 182 valence electrons. The van der Waals surface area contributed by atoms with Gasteiger partial charge in [-0.25, -0.2) is 0 Å². The van der Waals surface area contributed by atoms with E-state index in [0.717, 1.165) is 19.4 Å². The quantitative estimate of drug-likeness (QED) is 0.203. The van der Waals surface area contributed by atoms with Crippen molar-refractivity contribution in [2.24, 2.45) is 0 Å². The van der Waals surface area contributed by atoms with Crippen molar-refractivity contribution in [1.82, 2.24) is 9.80 Å². The first-order chi connectivity index (χ1) is 14.8. The van der Waals surface area contributed by atoms with Crippen LogP contribution in [0.25, 0.3) is 0 Å². The van der Waals surface area contributed by atoms with Crippen LogP contribution in [0.4, 0.5) is 0 Å². The van der Waals surface area contributed by atoms with E-state index >= 15 is 0 Å². The molecular weight excluding hydrogens is 400 g/mol. The van der Waals surface area contributed by atoms with E-state index in [9.17, 15) is 14.4 Å². The van der Waals surface area contributed by atoms with Crippen molar-refractivity contribution in [1.29, 1.82) is 0 Å². The lowest BCUT2D eigenvalue weighted by Gasteiger charge is -2.27. The molecule has 0 aliphatic carbocycles. The summed E-state index contributed by atoms with van der Waals surface area (Å²) in [4.78, 5) is 36.6. The van der Waals surface area contributed by atoms with Gasteiger partial charge in [0.25, 0.3) is 0 Å². The maximum Gasteiger partial charge on any atom is 0.304 e. The third kappa shape index (κ3) is 21.4. The molecule has 0 radical (unpaired) electrons. The van der Waals surface area contributed by atoms with Crippen LogP contribution in [0.5, 0.6) is 0 Å². The zero-order valence-electron chi connectivity index (χ0n) is 19.4. The van der Waals surface area contributed by atoms with Crippen LogP contribution in [0, 0.1) is 0 Å². The number of hydrogen-bond acceptors (Lipinski definition) is 5. The third-order valence-electron chi connectivity index (χ3n) is 5.49. The highest BCUT2D eigenvalue weighted by atomic mass is 16.4. The second kappa shape index (κ2) is 20.2. The van der Waals surface area contributed by atoms with Gasteiger partial charge in [-0.2, -0.15) is 0 Å². The van der Waals surface area contributed by atoms with E-state index in [2.05, 4.69) is 11.8 Å². The molecule has 31 heavy (non-hydrogen) atoms. The van der Waals surface area contributed by atoms with Crippen LogP contribution in [0.15, 0.2) is 0 Å². The van der Waals surface area contributed by atoms with Gasteiger partial charge in [-0.05, 0) is 13.0 Å². The molecule has 0 atom stereocenters. The molecule has 0 aromatic heterocycles. The minimum Gasteiger partial charge on any atom is -0.481 e. The second-order valence-corrected chi connectivity index (χ2v) is 8.30. The molecule has 0 fully saturated rings. The fourth-order valence-electron chi connectivity index (χ4n) is 3.54. The van der Waals surface area contributed by atoms with Gasteiger partial charge in [0.05, 0.1) is 19.3 Å². The Bertz CT molecular complexity index is 469. The molecule has 0 aromatic rings. The van der Waals surface area contributed by atoms with Crippen LogP contribution in [0.2, 0.25) is 0 Å². The lowest BCUT2D eigenvalue weighted by atomic mass is 10.1. The van der Waals surface area contributed by atoms with Gasteiger partial charge >= 0.3 is 17.9 Å². The molecule has 0 aliphatic heterocycles. The average molecular weight is 445 g/mol. The molecule has 0 rings (SSSR count). The van der Waals surface area contributed by atoms with Crippen molar-refractivity contribution in [2.45, 2.75) is 90.4 Å². The number of hydrogen-bond donors (Lipinski definition) is 3. The van der Waals surface area contributed by atoms with Crippen molar-refractivity contribution in [2.75, 3.05) is 39.3 Å². The summed E-state index contributed by atoms with van der Waals surface area (Å²) in [6.45, 7) is 5.25. The van der Waals surface area contributed by atoms with Gasteiger partial charge in [-0.15, -0.1) is 0 Å². The van der Waals surface area contributed by atoms with Gasteiger partial charge in [-0.3, -0.25) is 14.4 Å². The Hall–Kier alpha value is -1.67. The summed E-state index contributed by atoms with van der Waals surface area (Å²) in [7, 11) is 0. The topological polar surface area (TPSA) is 118 Å². The molecule has 0 amide bonds. The number of aliphatic carboxylic acids is 3. The number of nitrogens with zero attached hydrogens (tertiary/aromatic N) is 2. The Morgan fingerprint density at radius 1 is 0.484 bits per heavy atom. The van der Waals surface area contributed by atoms with Crippen molar-refractivity contribution in [3.8, 4) is 0 Å². The number of rotatable bonds is 23. The van der Waals surface area contributed by atoms with Crippen LogP contribution in [-0.4, -0.2) is 82.3 Å². The summed E-state index contributed by atoms with van der Waals surface area (Å²) >= 11 is 0. The first kappa shape index (κ1) is 29.3. The number of unbranched alkanes of at least 4 members (excludes halogenated alkanes) is 9. The summed E-state index contributed by atoms with van der Waals surface area (Å²) in [5, 5.41) is 26.8. The maximum absolute atomic E-state index is 11.0. The van der Waals surface area contributed by atoms with E-state index < -0.39 is 17.9 Å². The first-order valence-electron chi connectivity index (χ1n) is 11.9.